The van der Waals surface area contributed by atoms with Crippen molar-refractivity contribution < 1.29 is 9.59 Å². The molecule has 1 aliphatic rings. The number of hydrogen-bond acceptors (Lipinski definition) is 3. The van der Waals surface area contributed by atoms with Crippen LogP contribution in [-0.4, -0.2) is 57.1 Å². The van der Waals surface area contributed by atoms with E-state index in [-0.39, 0.29) is 23.4 Å². The Morgan fingerprint density at radius 1 is 1.39 bits per heavy atom. The van der Waals surface area contributed by atoms with Crippen LogP contribution in [0.5, 0.6) is 0 Å². The molecule has 1 fully saturated rings. The molecule has 2 amide bonds. The molecule has 2 rings (SSSR count). The average molecular weight is 318 g/mol. The van der Waals surface area contributed by atoms with Crippen LogP contribution in [0.4, 0.5) is 0 Å². The summed E-state index contributed by atoms with van der Waals surface area (Å²) in [5, 5.41) is 4.29. The van der Waals surface area contributed by atoms with Crippen LogP contribution in [-0.2, 0) is 10.3 Å². The molecule has 0 aromatic carbocycles. The van der Waals surface area contributed by atoms with Gasteiger partial charge in [-0.15, -0.1) is 0 Å². The molecule has 1 aromatic rings. The summed E-state index contributed by atoms with van der Waals surface area (Å²) in [5.74, 6) is -0.0887. The molecule has 0 saturated carbocycles. The number of carbonyl (C=O) groups is 2. The topological polar surface area (TPSA) is 58.4 Å². The molecule has 1 atom stereocenters. The molecule has 2 heterocycles. The molecule has 1 aromatic heterocycles. The Morgan fingerprint density at radius 3 is 2.61 bits per heavy atom. The minimum absolute atomic E-state index is 0.0235. The van der Waals surface area contributed by atoms with Crippen molar-refractivity contribution in [1.82, 2.24) is 19.6 Å². The quantitative estimate of drug-likeness (QED) is 0.800. The Labute approximate surface area is 137 Å². The fourth-order valence-electron chi connectivity index (χ4n) is 2.78. The van der Waals surface area contributed by atoms with Gasteiger partial charge in [-0.3, -0.25) is 14.3 Å². The summed E-state index contributed by atoms with van der Waals surface area (Å²) in [7, 11) is 0. The van der Waals surface area contributed by atoms with Gasteiger partial charge in [0.15, 0.2) is 0 Å². The largest absolute Gasteiger partial charge is 0.335 e. The Balaban J connectivity index is 2.11. The first-order valence-corrected chi connectivity index (χ1v) is 8.05. The second-order valence-electron chi connectivity index (χ2n) is 6.89. The fourth-order valence-corrected chi connectivity index (χ4v) is 2.78. The first kappa shape index (κ1) is 17.2. The Kier molecular flexibility index (Phi) is 4.92. The second kappa shape index (κ2) is 6.56. The summed E-state index contributed by atoms with van der Waals surface area (Å²) in [6.07, 6.45) is 5.57. The zero-order valence-corrected chi connectivity index (χ0v) is 14.5. The first-order chi connectivity index (χ1) is 10.8. The van der Waals surface area contributed by atoms with Gasteiger partial charge in [-0.2, -0.15) is 5.10 Å². The second-order valence-corrected chi connectivity index (χ2v) is 6.89. The highest BCUT2D eigenvalue weighted by molar-refractivity contribution is 5.94. The van der Waals surface area contributed by atoms with E-state index in [1.807, 2.05) is 32.6 Å². The molecule has 6 nitrogen and oxygen atoms in total. The zero-order valence-electron chi connectivity index (χ0n) is 14.5. The maximum absolute atomic E-state index is 12.7. The SMILES string of the molecule is C=CC(=O)N1CCN(C(=O)c2cnn(C(C)(C)C)c2)C[C@@H]1CC. The maximum Gasteiger partial charge on any atom is 0.257 e. The number of nitrogens with zero attached hydrogens (tertiary/aromatic N) is 4. The van der Waals surface area contributed by atoms with Crippen molar-refractivity contribution in [2.75, 3.05) is 19.6 Å². The van der Waals surface area contributed by atoms with Gasteiger partial charge in [-0.05, 0) is 33.3 Å². The number of hydrogen-bond donors (Lipinski definition) is 0. The van der Waals surface area contributed by atoms with Gasteiger partial charge in [0.05, 0.1) is 17.3 Å². The highest BCUT2D eigenvalue weighted by Gasteiger charge is 2.31. The van der Waals surface area contributed by atoms with Gasteiger partial charge in [-0.25, -0.2) is 0 Å². The lowest BCUT2D eigenvalue weighted by atomic mass is 10.1. The number of aromatic nitrogens is 2. The molecule has 0 radical (unpaired) electrons. The van der Waals surface area contributed by atoms with Crippen LogP contribution < -0.4 is 0 Å². The van der Waals surface area contributed by atoms with Gasteiger partial charge in [0.2, 0.25) is 5.91 Å². The summed E-state index contributed by atoms with van der Waals surface area (Å²) < 4.78 is 1.80. The third kappa shape index (κ3) is 3.63. The smallest absolute Gasteiger partial charge is 0.257 e. The van der Waals surface area contributed by atoms with Crippen LogP contribution in [0.25, 0.3) is 0 Å². The van der Waals surface area contributed by atoms with Crippen molar-refractivity contribution in [3.63, 3.8) is 0 Å². The van der Waals surface area contributed by atoms with E-state index < -0.39 is 0 Å². The van der Waals surface area contributed by atoms with E-state index in [1.54, 1.807) is 22.0 Å². The Bertz CT molecular complexity index is 600. The van der Waals surface area contributed by atoms with Crippen molar-refractivity contribution >= 4 is 11.8 Å². The van der Waals surface area contributed by atoms with Gasteiger partial charge >= 0.3 is 0 Å². The molecule has 0 N–H and O–H groups in total. The van der Waals surface area contributed by atoms with Gasteiger partial charge < -0.3 is 9.80 Å². The molecule has 0 unspecified atom stereocenters. The lowest BCUT2D eigenvalue weighted by Gasteiger charge is -2.40. The zero-order chi connectivity index (χ0) is 17.2. The molecule has 23 heavy (non-hydrogen) atoms. The molecular weight excluding hydrogens is 292 g/mol. The van der Waals surface area contributed by atoms with Crippen LogP contribution in [0.3, 0.4) is 0 Å². The molecule has 1 saturated heterocycles. The van der Waals surface area contributed by atoms with E-state index in [9.17, 15) is 9.59 Å². The van der Waals surface area contributed by atoms with Crippen molar-refractivity contribution in [2.45, 2.75) is 45.7 Å². The van der Waals surface area contributed by atoms with Crippen molar-refractivity contribution in [1.29, 1.82) is 0 Å². The van der Waals surface area contributed by atoms with Gasteiger partial charge in [0.25, 0.3) is 5.91 Å². The number of amides is 2. The summed E-state index contributed by atoms with van der Waals surface area (Å²) >= 11 is 0. The standard InChI is InChI=1S/C17H26N4O2/c1-6-14-12-19(8-9-20(14)15(22)7-2)16(23)13-10-18-21(11-13)17(3,4)5/h7,10-11,14H,2,6,8-9,12H2,1,3-5H3/t14-/m0/s1. The van der Waals surface area contributed by atoms with Crippen molar-refractivity contribution in [3.8, 4) is 0 Å². The molecule has 0 aliphatic carbocycles. The fraction of sp³-hybridized carbons (Fsp3) is 0.588. The minimum atomic E-state index is -0.153. The molecule has 6 heteroatoms. The van der Waals surface area contributed by atoms with E-state index in [4.69, 9.17) is 0 Å². The monoisotopic (exact) mass is 318 g/mol. The van der Waals surface area contributed by atoms with Crippen LogP contribution >= 0.6 is 0 Å². The normalized spacial score (nSPS) is 18.9. The third-order valence-corrected chi connectivity index (χ3v) is 4.22. The molecule has 126 valence electrons. The molecular formula is C17H26N4O2. The average Bonchev–Trinajstić information content (AvgIpc) is 3.03. The summed E-state index contributed by atoms with van der Waals surface area (Å²) in [5.41, 5.74) is 0.442. The van der Waals surface area contributed by atoms with E-state index in [2.05, 4.69) is 11.7 Å². The minimum Gasteiger partial charge on any atom is -0.335 e. The first-order valence-electron chi connectivity index (χ1n) is 8.05. The Hall–Kier alpha value is -2.11. The van der Waals surface area contributed by atoms with E-state index >= 15 is 0 Å². The molecule has 1 aliphatic heterocycles. The molecule has 0 bridgehead atoms. The predicted octanol–water partition coefficient (Wildman–Crippen LogP) is 1.89. The van der Waals surface area contributed by atoms with Crippen LogP contribution in [0.1, 0.15) is 44.5 Å². The van der Waals surface area contributed by atoms with Crippen LogP contribution in [0, 0.1) is 0 Å². The highest BCUT2D eigenvalue weighted by atomic mass is 16.2. The van der Waals surface area contributed by atoms with E-state index in [0.29, 0.717) is 25.2 Å². The lowest BCUT2D eigenvalue weighted by Crippen LogP contribution is -2.56. The summed E-state index contributed by atoms with van der Waals surface area (Å²) in [6, 6.07) is 0.0378. The molecule has 0 spiro atoms. The van der Waals surface area contributed by atoms with Gasteiger partial charge in [-0.1, -0.05) is 13.5 Å². The number of piperazine rings is 1. The van der Waals surface area contributed by atoms with Crippen molar-refractivity contribution in [3.05, 3.63) is 30.6 Å². The maximum atomic E-state index is 12.7. The summed E-state index contributed by atoms with van der Waals surface area (Å²) in [6.45, 7) is 13.3. The number of rotatable bonds is 3. The van der Waals surface area contributed by atoms with E-state index in [1.165, 1.54) is 6.08 Å². The third-order valence-electron chi connectivity index (χ3n) is 4.22. The highest BCUT2D eigenvalue weighted by Crippen LogP contribution is 2.18. The van der Waals surface area contributed by atoms with Gasteiger partial charge in [0, 0.05) is 31.9 Å². The summed E-state index contributed by atoms with van der Waals surface area (Å²) in [4.78, 5) is 28.2. The van der Waals surface area contributed by atoms with E-state index in [0.717, 1.165) is 6.42 Å². The number of carbonyl (C=O) groups excluding carboxylic acids is 2. The van der Waals surface area contributed by atoms with Gasteiger partial charge in [0.1, 0.15) is 0 Å². The van der Waals surface area contributed by atoms with Crippen molar-refractivity contribution in [2.24, 2.45) is 0 Å². The lowest BCUT2D eigenvalue weighted by molar-refractivity contribution is -0.130. The van der Waals surface area contributed by atoms with Crippen LogP contribution in [0.2, 0.25) is 0 Å². The van der Waals surface area contributed by atoms with Crippen LogP contribution in [0.15, 0.2) is 25.0 Å². The predicted molar refractivity (Wildman–Crippen MR) is 89.1 cm³/mol. The Morgan fingerprint density at radius 2 is 2.09 bits per heavy atom.